The summed E-state index contributed by atoms with van der Waals surface area (Å²) in [5.41, 5.74) is 6.49. The number of amides is 2. The van der Waals surface area contributed by atoms with Gasteiger partial charge in [-0.15, -0.1) is 0 Å². The van der Waals surface area contributed by atoms with Crippen LogP contribution in [-0.2, 0) is 9.59 Å². The van der Waals surface area contributed by atoms with E-state index in [9.17, 15) is 9.59 Å². The largest absolute Gasteiger partial charge is 0.497 e. The fourth-order valence-corrected chi connectivity index (χ4v) is 3.91. The zero-order chi connectivity index (χ0) is 21.0. The second-order valence-corrected chi connectivity index (χ2v) is 7.56. The van der Waals surface area contributed by atoms with Crippen LogP contribution in [0.5, 0.6) is 17.2 Å². The minimum atomic E-state index is -0.585. The van der Waals surface area contributed by atoms with Crippen LogP contribution in [-0.4, -0.2) is 37.0 Å². The van der Waals surface area contributed by atoms with E-state index < -0.39 is 5.91 Å². The molecule has 1 saturated heterocycles. The highest BCUT2D eigenvalue weighted by atomic mass is 32.2. The van der Waals surface area contributed by atoms with Crippen LogP contribution in [0.2, 0.25) is 0 Å². The van der Waals surface area contributed by atoms with Crippen molar-refractivity contribution in [3.8, 4) is 17.2 Å². The third kappa shape index (κ3) is 4.69. The van der Waals surface area contributed by atoms with Gasteiger partial charge in [-0.3, -0.25) is 14.5 Å². The van der Waals surface area contributed by atoms with Crippen molar-refractivity contribution in [3.63, 3.8) is 0 Å². The first kappa shape index (κ1) is 20.7. The van der Waals surface area contributed by atoms with Crippen molar-refractivity contribution < 1.29 is 23.8 Å². The Labute approximate surface area is 177 Å². The van der Waals surface area contributed by atoms with Crippen molar-refractivity contribution in [2.75, 3.05) is 25.7 Å². The monoisotopic (exact) mass is 430 g/mol. The number of benzene rings is 2. The quantitative estimate of drug-likeness (QED) is 0.533. The molecule has 9 heteroatoms. The second-order valence-electron chi connectivity index (χ2n) is 5.88. The minimum Gasteiger partial charge on any atom is -0.497 e. The van der Waals surface area contributed by atoms with Gasteiger partial charge in [0, 0.05) is 0 Å². The maximum atomic E-state index is 12.9. The number of carbonyl (C=O) groups is 2. The summed E-state index contributed by atoms with van der Waals surface area (Å²) in [5.74, 6) is 0.705. The Balaban J connectivity index is 1.84. The number of nitrogens with zero attached hydrogens (tertiary/aromatic N) is 1. The Hall–Kier alpha value is -3.04. The Morgan fingerprint density at radius 1 is 1.14 bits per heavy atom. The summed E-state index contributed by atoms with van der Waals surface area (Å²) in [7, 11) is 3.06. The van der Waals surface area contributed by atoms with Crippen LogP contribution < -0.4 is 24.8 Å². The maximum Gasteiger partial charge on any atom is 0.270 e. The van der Waals surface area contributed by atoms with Crippen molar-refractivity contribution in [3.05, 3.63) is 52.9 Å². The van der Waals surface area contributed by atoms with Crippen LogP contribution in [0.4, 0.5) is 5.69 Å². The van der Waals surface area contributed by atoms with Crippen LogP contribution in [0, 0.1) is 0 Å². The maximum absolute atomic E-state index is 12.9. The van der Waals surface area contributed by atoms with E-state index in [0.29, 0.717) is 32.2 Å². The van der Waals surface area contributed by atoms with E-state index in [1.165, 1.54) is 23.8 Å². The number of methoxy groups -OCH3 is 2. The van der Waals surface area contributed by atoms with Crippen molar-refractivity contribution in [1.29, 1.82) is 0 Å². The van der Waals surface area contributed by atoms with Gasteiger partial charge in [0.05, 0.1) is 24.8 Å². The SMILES string of the molecule is COc1ccc(N2C(=O)/C(=C/c3ccc(OCC(N)=O)c(OC)c3)SC2=S)cc1. The summed E-state index contributed by atoms with van der Waals surface area (Å²) in [6, 6.07) is 12.2. The predicted molar refractivity (Wildman–Crippen MR) is 116 cm³/mol. The van der Waals surface area contributed by atoms with Gasteiger partial charge in [0.1, 0.15) is 5.75 Å². The Bertz CT molecular complexity index is 989. The summed E-state index contributed by atoms with van der Waals surface area (Å²) in [6.45, 7) is -0.254. The standard InChI is InChI=1S/C20H18N2O5S2/c1-25-14-6-4-13(5-7-14)22-19(24)17(29-20(22)28)10-12-3-8-15(16(9-12)26-2)27-11-18(21)23/h3-10H,11H2,1-2H3,(H2,21,23)/b17-10-. The van der Waals surface area contributed by atoms with E-state index in [4.69, 9.17) is 32.2 Å². The van der Waals surface area contributed by atoms with Gasteiger partial charge in [0.15, 0.2) is 22.4 Å². The molecule has 29 heavy (non-hydrogen) atoms. The third-order valence-corrected chi connectivity index (χ3v) is 5.28. The second kappa shape index (κ2) is 8.97. The van der Waals surface area contributed by atoms with Gasteiger partial charge in [-0.25, -0.2) is 0 Å². The first-order chi connectivity index (χ1) is 13.9. The molecule has 0 radical (unpaired) electrons. The number of carbonyl (C=O) groups excluding carboxylic acids is 2. The smallest absolute Gasteiger partial charge is 0.270 e. The van der Waals surface area contributed by atoms with Gasteiger partial charge in [-0.05, 0) is 48.0 Å². The van der Waals surface area contributed by atoms with Crippen LogP contribution >= 0.6 is 24.0 Å². The Morgan fingerprint density at radius 3 is 2.48 bits per heavy atom. The number of thiocarbonyl (C=S) groups is 1. The average molecular weight is 431 g/mol. The van der Waals surface area contributed by atoms with E-state index in [2.05, 4.69) is 0 Å². The van der Waals surface area contributed by atoms with Gasteiger partial charge in [-0.2, -0.15) is 0 Å². The summed E-state index contributed by atoms with van der Waals surface area (Å²) >= 11 is 6.61. The van der Waals surface area contributed by atoms with Gasteiger partial charge < -0.3 is 19.9 Å². The molecule has 2 amide bonds. The van der Waals surface area contributed by atoms with Crippen LogP contribution in [0.25, 0.3) is 6.08 Å². The van der Waals surface area contributed by atoms with E-state index >= 15 is 0 Å². The zero-order valence-electron chi connectivity index (χ0n) is 15.7. The van der Waals surface area contributed by atoms with Gasteiger partial charge in [0.25, 0.3) is 11.8 Å². The van der Waals surface area contributed by atoms with E-state index in [1.54, 1.807) is 55.7 Å². The molecule has 0 saturated carbocycles. The molecule has 1 aliphatic rings. The summed E-state index contributed by atoms with van der Waals surface area (Å²) in [4.78, 5) is 25.8. The van der Waals surface area contributed by atoms with Gasteiger partial charge >= 0.3 is 0 Å². The average Bonchev–Trinajstić information content (AvgIpc) is 2.99. The molecule has 0 atom stereocenters. The molecule has 2 aromatic rings. The van der Waals surface area contributed by atoms with Crippen molar-refractivity contribution in [1.82, 2.24) is 0 Å². The molecule has 0 aromatic heterocycles. The summed E-state index contributed by atoms with van der Waals surface area (Å²) in [5, 5.41) is 0. The molecule has 0 bridgehead atoms. The number of primary amides is 1. The molecular formula is C20H18N2O5S2. The number of rotatable bonds is 7. The molecule has 0 spiro atoms. The lowest BCUT2D eigenvalue weighted by molar-refractivity contribution is -0.120. The first-order valence-electron chi connectivity index (χ1n) is 8.44. The van der Waals surface area contributed by atoms with Gasteiger partial charge in [-0.1, -0.05) is 30.0 Å². The molecule has 1 fully saturated rings. The molecule has 2 N–H and O–H groups in total. The minimum absolute atomic E-state index is 0.210. The highest BCUT2D eigenvalue weighted by molar-refractivity contribution is 8.27. The molecule has 1 heterocycles. The molecular weight excluding hydrogens is 412 g/mol. The highest BCUT2D eigenvalue weighted by Gasteiger charge is 2.33. The lowest BCUT2D eigenvalue weighted by atomic mass is 10.2. The predicted octanol–water partition coefficient (Wildman–Crippen LogP) is 2.97. The van der Waals surface area contributed by atoms with Crippen LogP contribution in [0.3, 0.4) is 0 Å². The third-order valence-electron chi connectivity index (χ3n) is 3.98. The molecule has 150 valence electrons. The normalized spacial score (nSPS) is 15.0. The molecule has 3 rings (SSSR count). The van der Waals surface area contributed by atoms with E-state index in [-0.39, 0.29) is 12.5 Å². The molecule has 2 aromatic carbocycles. The van der Waals surface area contributed by atoms with Crippen molar-refractivity contribution in [2.24, 2.45) is 5.73 Å². The number of hydrogen-bond acceptors (Lipinski definition) is 7. The molecule has 0 unspecified atom stereocenters. The van der Waals surface area contributed by atoms with Crippen molar-refractivity contribution >= 4 is 51.9 Å². The Morgan fingerprint density at radius 2 is 1.86 bits per heavy atom. The molecule has 1 aliphatic heterocycles. The number of anilines is 1. The van der Waals surface area contributed by atoms with Crippen molar-refractivity contribution in [2.45, 2.75) is 0 Å². The van der Waals surface area contributed by atoms with E-state index in [1.807, 2.05) is 0 Å². The number of hydrogen-bond donors (Lipinski definition) is 1. The van der Waals surface area contributed by atoms with Crippen LogP contribution in [0.1, 0.15) is 5.56 Å². The fraction of sp³-hybridized carbons (Fsp3) is 0.150. The number of nitrogens with two attached hydrogens (primary N) is 1. The summed E-state index contributed by atoms with van der Waals surface area (Å²) in [6.07, 6.45) is 1.73. The molecule has 7 nitrogen and oxygen atoms in total. The fourth-order valence-electron chi connectivity index (χ4n) is 2.62. The van der Waals surface area contributed by atoms with Crippen LogP contribution in [0.15, 0.2) is 47.4 Å². The number of thioether (sulfide) groups is 1. The molecule has 0 aliphatic carbocycles. The number of ether oxygens (including phenoxy) is 3. The zero-order valence-corrected chi connectivity index (χ0v) is 17.3. The highest BCUT2D eigenvalue weighted by Crippen LogP contribution is 2.37. The first-order valence-corrected chi connectivity index (χ1v) is 9.66. The van der Waals surface area contributed by atoms with Gasteiger partial charge in [0.2, 0.25) is 0 Å². The lowest BCUT2D eigenvalue weighted by Gasteiger charge is -2.14. The Kier molecular flexibility index (Phi) is 6.40. The topological polar surface area (TPSA) is 91.1 Å². The lowest BCUT2D eigenvalue weighted by Crippen LogP contribution is -2.27. The van der Waals surface area contributed by atoms with E-state index in [0.717, 1.165) is 5.56 Å². The summed E-state index contributed by atoms with van der Waals surface area (Å²) < 4.78 is 16.2.